The summed E-state index contributed by atoms with van der Waals surface area (Å²) in [5.41, 5.74) is 1.37. The van der Waals surface area contributed by atoms with Gasteiger partial charge in [-0.25, -0.2) is 4.98 Å². The Morgan fingerprint density at radius 1 is 1.00 bits per heavy atom. The third-order valence-electron chi connectivity index (χ3n) is 6.34. The van der Waals surface area contributed by atoms with Crippen LogP contribution in [0.5, 0.6) is 0 Å². The van der Waals surface area contributed by atoms with Crippen molar-refractivity contribution in [2.75, 3.05) is 26.2 Å². The number of halogens is 4. The number of carbonyl (C=O) groups is 1. The molecular formula is C27H27Cl4N3OS. The maximum atomic E-state index is 12.8. The maximum absolute atomic E-state index is 12.8. The number of nitrogens with one attached hydrogen (secondary N) is 1. The predicted molar refractivity (Wildman–Crippen MR) is 152 cm³/mol. The van der Waals surface area contributed by atoms with Crippen LogP contribution in [-0.2, 0) is 0 Å². The number of likely N-dealkylation sites (tertiary alicyclic amines) is 1. The number of benzene rings is 2. The summed E-state index contributed by atoms with van der Waals surface area (Å²) in [5.74, 6) is -0.204. The number of thioether (sulfide) groups is 1. The molecule has 4 nitrogen and oxygen atoms in total. The van der Waals surface area contributed by atoms with Crippen LogP contribution in [-0.4, -0.2) is 47.2 Å². The van der Waals surface area contributed by atoms with Crippen LogP contribution in [0.3, 0.4) is 0 Å². The van der Waals surface area contributed by atoms with Crippen molar-refractivity contribution in [1.82, 2.24) is 15.2 Å². The van der Waals surface area contributed by atoms with Gasteiger partial charge in [-0.2, -0.15) is 0 Å². The zero-order chi connectivity index (χ0) is 25.5. The van der Waals surface area contributed by atoms with Crippen molar-refractivity contribution in [3.05, 3.63) is 92.0 Å². The first-order valence-electron chi connectivity index (χ1n) is 11.9. The van der Waals surface area contributed by atoms with E-state index in [1.165, 1.54) is 0 Å². The Bertz CT molecular complexity index is 1170. The van der Waals surface area contributed by atoms with Gasteiger partial charge >= 0.3 is 0 Å². The van der Waals surface area contributed by atoms with E-state index >= 15 is 0 Å². The molecule has 0 bridgehead atoms. The fourth-order valence-corrected chi connectivity index (χ4v) is 6.49. The zero-order valence-electron chi connectivity index (χ0n) is 19.6. The van der Waals surface area contributed by atoms with Gasteiger partial charge in [0.25, 0.3) is 5.91 Å². The van der Waals surface area contributed by atoms with Gasteiger partial charge in [-0.05, 0) is 86.9 Å². The zero-order valence-corrected chi connectivity index (χ0v) is 23.4. The van der Waals surface area contributed by atoms with Gasteiger partial charge in [0.05, 0.1) is 15.6 Å². The highest BCUT2D eigenvalue weighted by Gasteiger charge is 2.23. The van der Waals surface area contributed by atoms with Crippen LogP contribution in [0.15, 0.2) is 65.8 Å². The molecular weight excluding hydrogens is 556 g/mol. The Morgan fingerprint density at radius 3 is 2.39 bits per heavy atom. The molecule has 0 saturated carbocycles. The molecule has 0 aliphatic carbocycles. The quantitative estimate of drug-likeness (QED) is 0.279. The fraction of sp³-hybridized carbons (Fsp3) is 0.333. The Hall–Kier alpha value is -1.47. The second-order valence-corrected chi connectivity index (χ2v) is 11.8. The molecule has 3 aromatic rings. The van der Waals surface area contributed by atoms with E-state index in [0.717, 1.165) is 49.5 Å². The predicted octanol–water partition coefficient (Wildman–Crippen LogP) is 7.86. The molecule has 0 spiro atoms. The van der Waals surface area contributed by atoms with Gasteiger partial charge in [0.1, 0.15) is 0 Å². The van der Waals surface area contributed by atoms with Gasteiger partial charge in [0.15, 0.2) is 0 Å². The average Bonchev–Trinajstić information content (AvgIpc) is 2.86. The minimum Gasteiger partial charge on any atom is -0.351 e. The van der Waals surface area contributed by atoms with Crippen LogP contribution >= 0.6 is 58.2 Å². The summed E-state index contributed by atoms with van der Waals surface area (Å²) in [5, 5.41) is 6.72. The maximum Gasteiger partial charge on any atom is 0.252 e. The van der Waals surface area contributed by atoms with E-state index in [2.05, 4.69) is 21.3 Å². The monoisotopic (exact) mass is 581 g/mol. The summed E-state index contributed by atoms with van der Waals surface area (Å²) in [6, 6.07) is 16.5. The Kier molecular flexibility index (Phi) is 10.2. The largest absolute Gasteiger partial charge is 0.351 e. The molecule has 36 heavy (non-hydrogen) atoms. The molecule has 2 aromatic carbocycles. The number of aromatic nitrogens is 1. The van der Waals surface area contributed by atoms with Crippen molar-refractivity contribution in [2.24, 2.45) is 0 Å². The van der Waals surface area contributed by atoms with Crippen LogP contribution < -0.4 is 5.32 Å². The number of amides is 1. The van der Waals surface area contributed by atoms with E-state index in [9.17, 15) is 4.79 Å². The van der Waals surface area contributed by atoms with E-state index in [-0.39, 0.29) is 11.8 Å². The molecule has 1 aliphatic rings. The summed E-state index contributed by atoms with van der Waals surface area (Å²) < 4.78 is 0. The fourth-order valence-electron chi connectivity index (χ4n) is 4.36. The number of piperidine rings is 1. The van der Waals surface area contributed by atoms with E-state index in [1.54, 1.807) is 24.3 Å². The van der Waals surface area contributed by atoms with Crippen molar-refractivity contribution in [3.63, 3.8) is 0 Å². The van der Waals surface area contributed by atoms with Crippen molar-refractivity contribution >= 4 is 64.1 Å². The molecule has 1 aromatic heterocycles. The first-order chi connectivity index (χ1) is 17.4. The van der Waals surface area contributed by atoms with Crippen LogP contribution in [0.1, 0.15) is 41.1 Å². The number of hydrogen-bond acceptors (Lipinski definition) is 4. The molecule has 1 atom stereocenters. The standard InChI is InChI=1S/C27H27Cl4N3OS/c28-19-4-6-22(24(30)15-19)18(17-33-27(35)23-7-5-20(29)16-25(23)31)8-12-34-13-9-21(10-14-34)36-26-3-1-2-11-32-26/h1-7,11,15-16,18,21H,8-10,12-14,17H2,(H,33,35). The van der Waals surface area contributed by atoms with E-state index < -0.39 is 0 Å². The normalized spacial score (nSPS) is 15.6. The molecule has 9 heteroatoms. The van der Waals surface area contributed by atoms with Crippen molar-refractivity contribution < 1.29 is 4.79 Å². The van der Waals surface area contributed by atoms with Crippen molar-refractivity contribution in [2.45, 2.75) is 35.5 Å². The van der Waals surface area contributed by atoms with Crippen LogP contribution in [0.25, 0.3) is 0 Å². The van der Waals surface area contributed by atoms with Gasteiger partial charge in [0, 0.05) is 39.0 Å². The van der Waals surface area contributed by atoms with Gasteiger partial charge in [-0.15, -0.1) is 11.8 Å². The summed E-state index contributed by atoms with van der Waals surface area (Å²) >= 11 is 26.8. The molecule has 190 valence electrons. The lowest BCUT2D eigenvalue weighted by atomic mass is 9.94. The molecule has 1 N–H and O–H groups in total. The molecule has 4 rings (SSSR count). The molecule has 2 heterocycles. The molecule has 1 fully saturated rings. The first kappa shape index (κ1) is 27.6. The Morgan fingerprint density at radius 2 is 1.72 bits per heavy atom. The molecule has 1 aliphatic heterocycles. The lowest BCUT2D eigenvalue weighted by Gasteiger charge is -2.32. The molecule has 1 unspecified atom stereocenters. The summed E-state index contributed by atoms with van der Waals surface area (Å²) in [6.45, 7) is 3.43. The minimum atomic E-state index is -0.237. The number of nitrogens with zero attached hydrogens (tertiary/aromatic N) is 2. The van der Waals surface area contributed by atoms with Crippen LogP contribution in [0, 0.1) is 0 Å². The highest BCUT2D eigenvalue weighted by molar-refractivity contribution is 7.99. The van der Waals surface area contributed by atoms with E-state index in [1.807, 2.05) is 42.2 Å². The van der Waals surface area contributed by atoms with Gasteiger partial charge in [-0.3, -0.25) is 4.79 Å². The van der Waals surface area contributed by atoms with Gasteiger partial charge in [0.2, 0.25) is 0 Å². The smallest absolute Gasteiger partial charge is 0.252 e. The lowest BCUT2D eigenvalue weighted by Crippen LogP contribution is -2.37. The number of rotatable bonds is 9. The van der Waals surface area contributed by atoms with Gasteiger partial charge < -0.3 is 10.2 Å². The summed E-state index contributed by atoms with van der Waals surface area (Å²) in [6.07, 6.45) is 4.95. The average molecular weight is 583 g/mol. The molecule has 0 radical (unpaired) electrons. The SMILES string of the molecule is O=C(NCC(CCN1CCC(Sc2ccccn2)CC1)c1ccc(Cl)cc1Cl)c1ccc(Cl)cc1Cl. The number of carbonyl (C=O) groups excluding carboxylic acids is 1. The topological polar surface area (TPSA) is 45.2 Å². The van der Waals surface area contributed by atoms with E-state index in [0.29, 0.717) is 37.4 Å². The first-order valence-corrected chi connectivity index (χ1v) is 14.3. The minimum absolute atomic E-state index is 0.0328. The van der Waals surface area contributed by atoms with E-state index in [4.69, 9.17) is 46.4 Å². The highest BCUT2D eigenvalue weighted by Crippen LogP contribution is 2.32. The third kappa shape index (κ3) is 7.77. The van der Waals surface area contributed by atoms with Gasteiger partial charge in [-0.1, -0.05) is 58.5 Å². The lowest BCUT2D eigenvalue weighted by molar-refractivity contribution is 0.0950. The molecule has 1 amide bonds. The van der Waals surface area contributed by atoms with Crippen LogP contribution in [0.4, 0.5) is 0 Å². The number of pyridine rings is 1. The number of hydrogen-bond donors (Lipinski definition) is 1. The summed E-state index contributed by atoms with van der Waals surface area (Å²) in [4.78, 5) is 19.8. The van der Waals surface area contributed by atoms with Crippen molar-refractivity contribution in [3.8, 4) is 0 Å². The second-order valence-electron chi connectivity index (χ2n) is 8.81. The molecule has 1 saturated heterocycles. The second kappa shape index (κ2) is 13.4. The highest BCUT2D eigenvalue weighted by atomic mass is 35.5. The Labute approximate surface area is 236 Å². The third-order valence-corrected chi connectivity index (χ3v) is 8.74. The summed E-state index contributed by atoms with van der Waals surface area (Å²) in [7, 11) is 0. The van der Waals surface area contributed by atoms with Crippen molar-refractivity contribution in [1.29, 1.82) is 0 Å². The van der Waals surface area contributed by atoms with Crippen LogP contribution in [0.2, 0.25) is 20.1 Å². The Balaban J connectivity index is 1.36.